The van der Waals surface area contributed by atoms with E-state index >= 15 is 0 Å². The maximum atomic E-state index is 13.2. The molecule has 2 aliphatic heterocycles. The molecule has 2 atom stereocenters. The first-order chi connectivity index (χ1) is 13.4. The quantitative estimate of drug-likeness (QED) is 0.841. The molecule has 1 fully saturated rings. The third-order valence-corrected chi connectivity index (χ3v) is 6.71. The fraction of sp³-hybridized carbons (Fsp3) is 0.381. The zero-order valence-electron chi connectivity index (χ0n) is 16.0. The van der Waals surface area contributed by atoms with Gasteiger partial charge in [-0.1, -0.05) is 18.2 Å². The zero-order chi connectivity index (χ0) is 19.9. The fourth-order valence-electron chi connectivity index (χ4n) is 4.18. The van der Waals surface area contributed by atoms with E-state index in [0.717, 1.165) is 4.88 Å². The second-order valence-electron chi connectivity index (χ2n) is 7.47. The Bertz CT molecular complexity index is 927. The van der Waals surface area contributed by atoms with Gasteiger partial charge in [0.05, 0.1) is 17.3 Å². The lowest BCUT2D eigenvalue weighted by molar-refractivity contribution is -0.122. The largest absolute Gasteiger partial charge is 0.349 e. The van der Waals surface area contributed by atoms with E-state index in [1.54, 1.807) is 33.3 Å². The summed E-state index contributed by atoms with van der Waals surface area (Å²) < 4.78 is 0. The molecule has 3 heterocycles. The van der Waals surface area contributed by atoms with Gasteiger partial charge in [-0.2, -0.15) is 0 Å². The van der Waals surface area contributed by atoms with Crippen LogP contribution in [0.5, 0.6) is 0 Å². The highest BCUT2D eigenvalue weighted by atomic mass is 32.1. The Morgan fingerprint density at radius 3 is 2.79 bits per heavy atom. The zero-order valence-corrected chi connectivity index (χ0v) is 16.8. The van der Waals surface area contributed by atoms with Crippen LogP contribution in [0, 0.1) is 0 Å². The number of anilines is 1. The SMILES string of the molecule is CC(NC(=O)CCN1C(=O)c2ccccc2N2C(=O)CCC12C)c1cccs1. The number of fused-ring (bicyclic) bond motifs is 3. The van der Waals surface area contributed by atoms with Crippen molar-refractivity contribution < 1.29 is 14.4 Å². The number of amides is 3. The van der Waals surface area contributed by atoms with Gasteiger partial charge in [-0.05, 0) is 43.8 Å². The Kier molecular flexibility index (Phi) is 4.71. The van der Waals surface area contributed by atoms with Gasteiger partial charge in [0.2, 0.25) is 11.8 Å². The van der Waals surface area contributed by atoms with E-state index in [0.29, 0.717) is 24.1 Å². The Morgan fingerprint density at radius 1 is 1.25 bits per heavy atom. The Balaban J connectivity index is 1.52. The molecule has 3 amide bonds. The van der Waals surface area contributed by atoms with Crippen molar-refractivity contribution in [1.82, 2.24) is 10.2 Å². The second kappa shape index (κ2) is 7.05. The smallest absolute Gasteiger partial charge is 0.257 e. The molecule has 4 rings (SSSR count). The molecule has 1 aromatic carbocycles. The number of hydrogen-bond acceptors (Lipinski definition) is 4. The summed E-state index contributed by atoms with van der Waals surface area (Å²) in [5, 5.41) is 4.97. The Hall–Kier alpha value is -2.67. The van der Waals surface area contributed by atoms with Gasteiger partial charge in [0.25, 0.3) is 5.91 Å². The monoisotopic (exact) mass is 397 g/mol. The van der Waals surface area contributed by atoms with E-state index in [1.807, 2.05) is 43.5 Å². The standard InChI is InChI=1S/C21H23N3O3S/c1-14(17-8-5-13-28-17)22-18(25)10-12-23-20(27)15-6-3-4-7-16(15)24-19(26)9-11-21(23,24)2/h3-8,13-14H,9-12H2,1-2H3,(H,22,25). The maximum Gasteiger partial charge on any atom is 0.257 e. The summed E-state index contributed by atoms with van der Waals surface area (Å²) in [6.07, 6.45) is 1.16. The van der Waals surface area contributed by atoms with Crippen molar-refractivity contribution in [2.75, 3.05) is 11.4 Å². The number of rotatable bonds is 5. The molecule has 7 heteroatoms. The maximum absolute atomic E-state index is 13.2. The number of carbonyl (C=O) groups excluding carboxylic acids is 3. The summed E-state index contributed by atoms with van der Waals surface area (Å²) in [5.41, 5.74) is 0.467. The van der Waals surface area contributed by atoms with Crippen LogP contribution in [0.4, 0.5) is 5.69 Å². The van der Waals surface area contributed by atoms with Crippen molar-refractivity contribution in [3.8, 4) is 0 Å². The van der Waals surface area contributed by atoms with Crippen LogP contribution in [0.15, 0.2) is 41.8 Å². The Morgan fingerprint density at radius 2 is 2.04 bits per heavy atom. The van der Waals surface area contributed by atoms with Crippen LogP contribution in [-0.4, -0.2) is 34.8 Å². The van der Waals surface area contributed by atoms with E-state index in [-0.39, 0.29) is 36.7 Å². The highest BCUT2D eigenvalue weighted by molar-refractivity contribution is 7.10. The molecular formula is C21H23N3O3S. The molecule has 1 N–H and O–H groups in total. The van der Waals surface area contributed by atoms with E-state index in [9.17, 15) is 14.4 Å². The summed E-state index contributed by atoms with van der Waals surface area (Å²) in [6, 6.07) is 11.1. The van der Waals surface area contributed by atoms with Gasteiger partial charge in [0.1, 0.15) is 5.66 Å². The first-order valence-corrected chi connectivity index (χ1v) is 10.4. The number of carbonyl (C=O) groups is 3. The molecule has 0 radical (unpaired) electrons. The molecule has 1 aromatic heterocycles. The topological polar surface area (TPSA) is 69.7 Å². The number of thiophene rings is 1. The van der Waals surface area contributed by atoms with Crippen LogP contribution in [0.2, 0.25) is 0 Å². The number of nitrogens with zero attached hydrogens (tertiary/aromatic N) is 2. The minimum atomic E-state index is -0.720. The van der Waals surface area contributed by atoms with Crippen molar-refractivity contribution in [2.24, 2.45) is 0 Å². The summed E-state index contributed by atoms with van der Waals surface area (Å²) >= 11 is 1.60. The average molecular weight is 398 g/mol. The molecule has 6 nitrogen and oxygen atoms in total. The van der Waals surface area contributed by atoms with Gasteiger partial charge in [-0.25, -0.2) is 0 Å². The van der Waals surface area contributed by atoms with Gasteiger partial charge in [-0.15, -0.1) is 11.3 Å². The fourth-order valence-corrected chi connectivity index (χ4v) is 4.91. The predicted molar refractivity (Wildman–Crippen MR) is 108 cm³/mol. The van der Waals surface area contributed by atoms with Crippen molar-refractivity contribution in [2.45, 2.75) is 44.8 Å². The van der Waals surface area contributed by atoms with Crippen LogP contribution in [-0.2, 0) is 9.59 Å². The Labute approximate surface area is 168 Å². The summed E-state index contributed by atoms with van der Waals surface area (Å²) in [5.74, 6) is -0.210. The summed E-state index contributed by atoms with van der Waals surface area (Å²) in [7, 11) is 0. The third kappa shape index (κ3) is 2.99. The number of nitrogens with one attached hydrogen (secondary N) is 1. The van der Waals surface area contributed by atoms with Crippen LogP contribution >= 0.6 is 11.3 Å². The molecule has 1 saturated heterocycles. The van der Waals surface area contributed by atoms with Crippen LogP contribution in [0.1, 0.15) is 54.4 Å². The van der Waals surface area contributed by atoms with Crippen LogP contribution in [0.3, 0.4) is 0 Å². The van der Waals surface area contributed by atoms with E-state index in [2.05, 4.69) is 5.32 Å². The lowest BCUT2D eigenvalue weighted by atomic mass is 9.98. The molecule has 28 heavy (non-hydrogen) atoms. The van der Waals surface area contributed by atoms with Crippen LogP contribution < -0.4 is 10.2 Å². The normalized spacial score (nSPS) is 22.1. The molecule has 2 aliphatic rings. The predicted octanol–water partition coefficient (Wildman–Crippen LogP) is 3.31. The van der Waals surface area contributed by atoms with E-state index in [4.69, 9.17) is 0 Å². The van der Waals surface area contributed by atoms with Crippen LogP contribution in [0.25, 0.3) is 0 Å². The van der Waals surface area contributed by atoms with E-state index in [1.165, 1.54) is 0 Å². The molecule has 0 bridgehead atoms. The number of benzene rings is 1. The lowest BCUT2D eigenvalue weighted by Crippen LogP contribution is -2.62. The van der Waals surface area contributed by atoms with Gasteiger partial charge in [0.15, 0.2) is 0 Å². The van der Waals surface area contributed by atoms with Gasteiger partial charge >= 0.3 is 0 Å². The molecule has 0 saturated carbocycles. The minimum Gasteiger partial charge on any atom is -0.349 e. The van der Waals surface area contributed by atoms with Crippen molar-refractivity contribution >= 4 is 34.7 Å². The highest BCUT2D eigenvalue weighted by Gasteiger charge is 2.52. The highest BCUT2D eigenvalue weighted by Crippen LogP contribution is 2.43. The van der Waals surface area contributed by atoms with Crippen molar-refractivity contribution in [3.63, 3.8) is 0 Å². The van der Waals surface area contributed by atoms with Gasteiger partial charge < -0.3 is 10.2 Å². The molecule has 0 spiro atoms. The number of para-hydroxylation sites is 1. The first kappa shape index (κ1) is 18.7. The number of hydrogen-bond donors (Lipinski definition) is 1. The molecule has 146 valence electrons. The second-order valence-corrected chi connectivity index (χ2v) is 8.45. The molecule has 0 aliphatic carbocycles. The molecule has 2 unspecified atom stereocenters. The molecular weight excluding hydrogens is 374 g/mol. The summed E-state index contributed by atoms with van der Waals surface area (Å²) in [4.78, 5) is 42.7. The third-order valence-electron chi connectivity index (χ3n) is 5.66. The molecule has 2 aromatic rings. The van der Waals surface area contributed by atoms with Gasteiger partial charge in [0, 0.05) is 24.3 Å². The minimum absolute atomic E-state index is 0.0169. The van der Waals surface area contributed by atoms with Crippen molar-refractivity contribution in [3.05, 3.63) is 52.2 Å². The van der Waals surface area contributed by atoms with E-state index < -0.39 is 5.66 Å². The van der Waals surface area contributed by atoms with Crippen molar-refractivity contribution in [1.29, 1.82) is 0 Å². The lowest BCUT2D eigenvalue weighted by Gasteiger charge is -2.48. The first-order valence-electron chi connectivity index (χ1n) is 9.48. The van der Waals surface area contributed by atoms with Gasteiger partial charge in [-0.3, -0.25) is 19.3 Å². The summed E-state index contributed by atoms with van der Waals surface area (Å²) in [6.45, 7) is 4.14. The average Bonchev–Trinajstić information content (AvgIpc) is 3.30.